The fourth-order valence-electron chi connectivity index (χ4n) is 4.29. The lowest BCUT2D eigenvalue weighted by Crippen LogP contribution is -2.34. The highest BCUT2D eigenvalue weighted by molar-refractivity contribution is 5.61. The van der Waals surface area contributed by atoms with Crippen molar-refractivity contribution in [3.05, 3.63) is 0 Å². The normalized spacial score (nSPS) is 17.2. The van der Waals surface area contributed by atoms with Crippen LogP contribution < -0.4 is 0 Å². The molecule has 1 aliphatic rings. The summed E-state index contributed by atoms with van der Waals surface area (Å²) < 4.78 is 21.8. The van der Waals surface area contributed by atoms with E-state index in [9.17, 15) is 9.59 Å². The summed E-state index contributed by atoms with van der Waals surface area (Å²) in [5, 5.41) is 0. The third kappa shape index (κ3) is 12.5. The van der Waals surface area contributed by atoms with Gasteiger partial charge in [0.05, 0.1) is 13.2 Å². The predicted octanol–water partition coefficient (Wildman–Crippen LogP) is 7.67. The van der Waals surface area contributed by atoms with Gasteiger partial charge in [-0.2, -0.15) is 0 Å². The van der Waals surface area contributed by atoms with E-state index < -0.39 is 18.4 Å². The Bertz CT molecular complexity index is 489. The van der Waals surface area contributed by atoms with Crippen molar-refractivity contribution in [2.75, 3.05) is 19.8 Å². The Labute approximate surface area is 196 Å². The molecule has 3 atom stereocenters. The zero-order valence-electron chi connectivity index (χ0n) is 21.1. The molecule has 3 unspecified atom stereocenters. The highest BCUT2D eigenvalue weighted by Crippen LogP contribution is 2.29. The van der Waals surface area contributed by atoms with E-state index in [-0.39, 0.29) is 12.5 Å². The molecule has 6 heteroatoms. The van der Waals surface area contributed by atoms with E-state index in [2.05, 4.69) is 27.7 Å². The van der Waals surface area contributed by atoms with E-state index >= 15 is 0 Å². The lowest BCUT2D eigenvalue weighted by atomic mass is 9.85. The van der Waals surface area contributed by atoms with Crippen LogP contribution in [0.4, 0.5) is 9.59 Å². The van der Waals surface area contributed by atoms with E-state index in [1.807, 2.05) is 0 Å². The summed E-state index contributed by atoms with van der Waals surface area (Å²) in [5.41, 5.74) is 0. The average molecular weight is 457 g/mol. The van der Waals surface area contributed by atoms with Crippen molar-refractivity contribution in [3.63, 3.8) is 0 Å². The molecular weight excluding hydrogens is 408 g/mol. The number of rotatable bonds is 16. The Kier molecular flexibility index (Phi) is 16.1. The van der Waals surface area contributed by atoms with E-state index in [4.69, 9.17) is 18.9 Å². The van der Waals surface area contributed by atoms with E-state index in [1.165, 1.54) is 6.42 Å². The molecule has 32 heavy (non-hydrogen) atoms. The van der Waals surface area contributed by atoms with Crippen molar-refractivity contribution in [1.29, 1.82) is 0 Å². The minimum absolute atomic E-state index is 0.0252. The first kappa shape index (κ1) is 28.6. The number of carbonyl (C=O) groups is 2. The summed E-state index contributed by atoms with van der Waals surface area (Å²) in [4.78, 5) is 24.5. The zero-order valence-corrected chi connectivity index (χ0v) is 21.1. The Morgan fingerprint density at radius 2 is 1.22 bits per heavy atom. The summed E-state index contributed by atoms with van der Waals surface area (Å²) in [7, 11) is 0. The molecular formula is C26H48O6. The fourth-order valence-corrected chi connectivity index (χ4v) is 4.29. The molecule has 1 fully saturated rings. The number of hydrogen-bond donors (Lipinski definition) is 0. The van der Waals surface area contributed by atoms with Crippen molar-refractivity contribution in [2.45, 2.75) is 117 Å². The quantitative estimate of drug-likeness (QED) is 0.222. The fraction of sp³-hybridized carbons (Fsp3) is 0.923. The van der Waals surface area contributed by atoms with E-state index in [0.717, 1.165) is 77.0 Å². The smallest absolute Gasteiger partial charge is 0.434 e. The molecule has 188 valence electrons. The lowest BCUT2D eigenvalue weighted by Gasteiger charge is -2.29. The van der Waals surface area contributed by atoms with Gasteiger partial charge in [0.2, 0.25) is 0 Å². The number of unbranched alkanes of at least 4 members (excludes halogenated alkanes) is 2. The summed E-state index contributed by atoms with van der Waals surface area (Å²) in [6, 6.07) is 0. The van der Waals surface area contributed by atoms with Gasteiger partial charge in [0, 0.05) is 0 Å². The first-order valence-electron chi connectivity index (χ1n) is 13.2. The van der Waals surface area contributed by atoms with Crippen LogP contribution in [0.15, 0.2) is 0 Å². The van der Waals surface area contributed by atoms with Crippen molar-refractivity contribution in [2.24, 2.45) is 17.8 Å². The average Bonchev–Trinajstić information content (AvgIpc) is 2.82. The molecule has 6 nitrogen and oxygen atoms in total. The molecule has 1 aliphatic carbocycles. The molecule has 0 aliphatic heterocycles. The van der Waals surface area contributed by atoms with Crippen LogP contribution in [-0.2, 0) is 18.9 Å². The van der Waals surface area contributed by atoms with Crippen LogP contribution in [0.25, 0.3) is 0 Å². The van der Waals surface area contributed by atoms with Gasteiger partial charge in [-0.1, -0.05) is 85.5 Å². The molecule has 0 N–H and O–H groups in total. The van der Waals surface area contributed by atoms with Gasteiger partial charge in [-0.05, 0) is 43.4 Å². The third-order valence-corrected chi connectivity index (χ3v) is 6.75. The second kappa shape index (κ2) is 18.0. The number of hydrogen-bond acceptors (Lipinski definition) is 6. The number of carbonyl (C=O) groups excluding carboxylic acids is 2. The molecule has 0 spiro atoms. The van der Waals surface area contributed by atoms with Crippen LogP contribution >= 0.6 is 0 Å². The Morgan fingerprint density at radius 1 is 0.719 bits per heavy atom. The van der Waals surface area contributed by atoms with Gasteiger partial charge in [-0.3, -0.25) is 0 Å². The first-order chi connectivity index (χ1) is 15.5. The Hall–Kier alpha value is -1.46. The van der Waals surface area contributed by atoms with Gasteiger partial charge in [-0.15, -0.1) is 0 Å². The first-order valence-corrected chi connectivity index (χ1v) is 13.2. The van der Waals surface area contributed by atoms with Crippen molar-refractivity contribution in [1.82, 2.24) is 0 Å². The molecule has 0 heterocycles. The standard InChI is InChI=1S/C26H48O6/c1-5-9-14-21(7-3)18-29-25(27)31-20-24(23-16-12-11-13-17-23)32-26(28)30-19-22(8-4)15-10-6-2/h21-24H,5-20H2,1-4H3. The molecule has 0 aromatic rings. The van der Waals surface area contributed by atoms with Crippen molar-refractivity contribution in [3.8, 4) is 0 Å². The monoisotopic (exact) mass is 456 g/mol. The second-order valence-corrected chi connectivity index (χ2v) is 9.32. The largest absolute Gasteiger partial charge is 0.508 e. The maximum absolute atomic E-state index is 12.4. The zero-order chi connectivity index (χ0) is 23.6. The minimum Gasteiger partial charge on any atom is -0.434 e. The predicted molar refractivity (Wildman–Crippen MR) is 127 cm³/mol. The Balaban J connectivity index is 2.50. The van der Waals surface area contributed by atoms with Gasteiger partial charge in [0.15, 0.2) is 0 Å². The highest BCUT2D eigenvalue weighted by atomic mass is 16.8. The minimum atomic E-state index is -0.677. The van der Waals surface area contributed by atoms with Gasteiger partial charge in [0.1, 0.15) is 12.7 Å². The SMILES string of the molecule is CCCCC(CC)COC(=O)OCC(OC(=O)OCC(CC)CCCC)C1CCCCC1. The van der Waals surface area contributed by atoms with Gasteiger partial charge >= 0.3 is 12.3 Å². The van der Waals surface area contributed by atoms with Crippen LogP contribution in [-0.4, -0.2) is 38.2 Å². The molecule has 1 saturated carbocycles. The maximum atomic E-state index is 12.4. The lowest BCUT2D eigenvalue weighted by molar-refractivity contribution is -0.0472. The molecule has 0 bridgehead atoms. The second-order valence-electron chi connectivity index (χ2n) is 9.32. The van der Waals surface area contributed by atoms with Crippen LogP contribution in [0.1, 0.15) is 111 Å². The summed E-state index contributed by atoms with van der Waals surface area (Å²) in [6.45, 7) is 9.33. The van der Waals surface area contributed by atoms with Crippen LogP contribution in [0.3, 0.4) is 0 Å². The summed E-state index contributed by atoms with van der Waals surface area (Å²) in [5.74, 6) is 0.919. The summed E-state index contributed by atoms with van der Waals surface area (Å²) in [6.07, 6.45) is 12.1. The van der Waals surface area contributed by atoms with Crippen molar-refractivity contribution >= 4 is 12.3 Å². The number of ether oxygens (including phenoxy) is 4. The molecule has 0 amide bonds. The van der Waals surface area contributed by atoms with Crippen molar-refractivity contribution < 1.29 is 28.5 Å². The topological polar surface area (TPSA) is 71.1 Å². The maximum Gasteiger partial charge on any atom is 0.508 e. The third-order valence-electron chi connectivity index (χ3n) is 6.75. The van der Waals surface area contributed by atoms with Gasteiger partial charge < -0.3 is 18.9 Å². The van der Waals surface area contributed by atoms with Gasteiger partial charge in [-0.25, -0.2) is 9.59 Å². The molecule has 0 saturated heterocycles. The highest BCUT2D eigenvalue weighted by Gasteiger charge is 2.29. The molecule has 1 rings (SSSR count). The van der Waals surface area contributed by atoms with E-state index in [0.29, 0.717) is 25.0 Å². The molecule has 0 aromatic heterocycles. The summed E-state index contributed by atoms with van der Waals surface area (Å²) >= 11 is 0. The van der Waals surface area contributed by atoms with Gasteiger partial charge in [0.25, 0.3) is 0 Å². The Morgan fingerprint density at radius 3 is 1.72 bits per heavy atom. The van der Waals surface area contributed by atoms with E-state index in [1.54, 1.807) is 0 Å². The van der Waals surface area contributed by atoms with Crippen LogP contribution in [0, 0.1) is 17.8 Å². The molecule has 0 aromatic carbocycles. The van der Waals surface area contributed by atoms with Crippen LogP contribution in [0.5, 0.6) is 0 Å². The molecule has 0 radical (unpaired) electrons. The van der Waals surface area contributed by atoms with Crippen LogP contribution in [0.2, 0.25) is 0 Å².